The van der Waals surface area contributed by atoms with E-state index in [-0.39, 0.29) is 163 Å². The number of hydrogen-bond acceptors (Lipinski definition) is 6. The molecule has 0 unspecified atom stereocenters. The molecule has 0 aromatic carbocycles. The Hall–Kier alpha value is 3.95. The predicted octanol–water partition coefficient (Wildman–Crippen LogP) is -7.43. The van der Waals surface area contributed by atoms with Gasteiger partial charge in [-0.2, -0.15) is 0 Å². The molecule has 0 rings (SSSR count). The topological polar surface area (TPSA) is 180 Å². The fourth-order valence-corrected chi connectivity index (χ4v) is 0. The van der Waals surface area contributed by atoms with Gasteiger partial charge in [0, 0.05) is 27.3 Å². The fourth-order valence-electron chi connectivity index (χ4n) is 0. The third-order valence-corrected chi connectivity index (χ3v) is 0. The number of rotatable bonds is 0. The van der Waals surface area contributed by atoms with E-state index in [0.29, 0.717) is 0 Å². The molecule has 0 aliphatic heterocycles. The Morgan fingerprint density at radius 2 is 0.333 bits per heavy atom. The second-order valence-corrected chi connectivity index (χ2v) is 0. The molecule has 0 fully saturated rings. The summed E-state index contributed by atoms with van der Waals surface area (Å²) in [6.07, 6.45) is 0. The molecule has 0 saturated heterocycles. The SMILES string of the molecule is [K+].[K+].[OH-].[OH-].[OH-].[OH-].[OH-].[OH-].[Pb]. The molecule has 0 heterocycles. The summed E-state index contributed by atoms with van der Waals surface area (Å²) in [6, 6.07) is 0. The van der Waals surface area contributed by atoms with Crippen molar-refractivity contribution in [1.82, 2.24) is 0 Å². The van der Waals surface area contributed by atoms with E-state index in [9.17, 15) is 0 Å². The standard InChI is InChI=1S/2K.6H2O.Pb/h;;6*1H2;/q2*+1;;;;;;;/p-6. The Morgan fingerprint density at radius 1 is 0.333 bits per heavy atom. The minimum absolute atomic E-state index is 0. The van der Waals surface area contributed by atoms with Crippen LogP contribution in [-0.2, 0) is 0 Å². The van der Waals surface area contributed by atoms with Gasteiger partial charge in [-0.25, -0.2) is 0 Å². The Bertz CT molecular complexity index is 11.0. The first-order chi connectivity index (χ1) is 0. The van der Waals surface area contributed by atoms with Crippen molar-refractivity contribution < 1.29 is 136 Å². The molecule has 0 bridgehead atoms. The first kappa shape index (κ1) is 118. The molecule has 6 nitrogen and oxygen atoms in total. The quantitative estimate of drug-likeness (QED) is 0.372. The summed E-state index contributed by atoms with van der Waals surface area (Å²) in [4.78, 5) is 0. The van der Waals surface area contributed by atoms with Crippen LogP contribution < -0.4 is 103 Å². The van der Waals surface area contributed by atoms with Crippen molar-refractivity contribution in [1.29, 1.82) is 0 Å². The van der Waals surface area contributed by atoms with Crippen LogP contribution in [0.15, 0.2) is 0 Å². The van der Waals surface area contributed by atoms with Crippen LogP contribution in [0.4, 0.5) is 0 Å². The van der Waals surface area contributed by atoms with Gasteiger partial charge in [0.25, 0.3) is 0 Å². The van der Waals surface area contributed by atoms with E-state index < -0.39 is 0 Å². The Balaban J connectivity index is 0. The molecular formula is H6K2O6Pb-4. The maximum atomic E-state index is 0. The fraction of sp³-hybridized carbons (Fsp3) is 0. The average Bonchev–Trinajstić information content (AvgIpc) is 0. The molecule has 0 aromatic rings. The van der Waals surface area contributed by atoms with E-state index in [4.69, 9.17) is 0 Å². The van der Waals surface area contributed by atoms with Gasteiger partial charge in [0.2, 0.25) is 0 Å². The van der Waals surface area contributed by atoms with Gasteiger partial charge in [0.05, 0.1) is 0 Å². The Labute approximate surface area is 158 Å². The van der Waals surface area contributed by atoms with Crippen LogP contribution in [0, 0.1) is 0 Å². The summed E-state index contributed by atoms with van der Waals surface area (Å²) >= 11 is 0. The Kier molecular flexibility index (Phi) is 1210. The molecule has 0 aromatic heterocycles. The van der Waals surface area contributed by atoms with E-state index in [2.05, 4.69) is 0 Å². The second kappa shape index (κ2) is 91.7. The van der Waals surface area contributed by atoms with Crippen LogP contribution >= 0.6 is 0 Å². The molecule has 9 heteroatoms. The van der Waals surface area contributed by atoms with Crippen molar-refractivity contribution in [2.24, 2.45) is 0 Å². The Morgan fingerprint density at radius 3 is 0.333 bits per heavy atom. The minimum atomic E-state index is 0. The molecule has 6 N–H and O–H groups in total. The largest absolute Gasteiger partial charge is 1.00 e. The normalized spacial score (nSPS) is 0. The van der Waals surface area contributed by atoms with E-state index in [1.54, 1.807) is 0 Å². The maximum Gasteiger partial charge on any atom is 1.00 e. The summed E-state index contributed by atoms with van der Waals surface area (Å²) in [5.74, 6) is 0. The average molecular weight is 387 g/mol. The van der Waals surface area contributed by atoms with Gasteiger partial charge in [-0.1, -0.05) is 0 Å². The molecule has 0 amide bonds. The molecule has 9 heavy (non-hydrogen) atoms. The second-order valence-electron chi connectivity index (χ2n) is 0. The predicted molar refractivity (Wildman–Crippen MR) is 17.4 cm³/mol. The minimum Gasteiger partial charge on any atom is -0.870 e. The van der Waals surface area contributed by atoms with Gasteiger partial charge >= 0.3 is 103 Å². The molecule has 0 aliphatic rings. The summed E-state index contributed by atoms with van der Waals surface area (Å²) in [5.41, 5.74) is 0. The third kappa shape index (κ3) is 75.7. The van der Waals surface area contributed by atoms with Gasteiger partial charge < -0.3 is 32.9 Å². The monoisotopic (exact) mass is 388 g/mol. The van der Waals surface area contributed by atoms with Crippen LogP contribution in [0.25, 0.3) is 0 Å². The summed E-state index contributed by atoms with van der Waals surface area (Å²) < 4.78 is 0. The van der Waals surface area contributed by atoms with Crippen LogP contribution in [-0.4, -0.2) is 60.2 Å². The van der Waals surface area contributed by atoms with Gasteiger partial charge in [-0.3, -0.25) is 0 Å². The van der Waals surface area contributed by atoms with Gasteiger partial charge in [0.15, 0.2) is 0 Å². The third-order valence-electron chi connectivity index (χ3n) is 0. The zero-order chi connectivity index (χ0) is 0. The van der Waals surface area contributed by atoms with Crippen LogP contribution in [0.5, 0.6) is 0 Å². The van der Waals surface area contributed by atoms with Crippen molar-refractivity contribution in [3.63, 3.8) is 0 Å². The van der Waals surface area contributed by atoms with Crippen molar-refractivity contribution in [3.05, 3.63) is 0 Å². The van der Waals surface area contributed by atoms with Gasteiger partial charge in [0.1, 0.15) is 0 Å². The first-order valence-corrected chi connectivity index (χ1v) is 0. The molecule has 0 saturated carbocycles. The smallest absolute Gasteiger partial charge is 0.870 e. The van der Waals surface area contributed by atoms with E-state index in [1.165, 1.54) is 0 Å². The van der Waals surface area contributed by atoms with E-state index >= 15 is 0 Å². The van der Waals surface area contributed by atoms with E-state index in [1.807, 2.05) is 0 Å². The van der Waals surface area contributed by atoms with Crippen molar-refractivity contribution in [2.45, 2.75) is 0 Å². The zero-order valence-corrected chi connectivity index (χ0v) is 15.3. The molecule has 52 valence electrons. The van der Waals surface area contributed by atoms with Crippen molar-refractivity contribution in [2.75, 3.05) is 0 Å². The van der Waals surface area contributed by atoms with Crippen molar-refractivity contribution >= 4 is 27.3 Å². The van der Waals surface area contributed by atoms with E-state index in [0.717, 1.165) is 0 Å². The summed E-state index contributed by atoms with van der Waals surface area (Å²) in [6.45, 7) is 0. The van der Waals surface area contributed by atoms with Gasteiger partial charge in [-0.15, -0.1) is 0 Å². The van der Waals surface area contributed by atoms with Crippen LogP contribution in [0.2, 0.25) is 0 Å². The molecule has 0 atom stereocenters. The zero-order valence-electron chi connectivity index (χ0n) is 5.18. The summed E-state index contributed by atoms with van der Waals surface area (Å²) in [5, 5.41) is 0. The van der Waals surface area contributed by atoms with Crippen LogP contribution in [0.3, 0.4) is 0 Å². The van der Waals surface area contributed by atoms with Crippen molar-refractivity contribution in [3.8, 4) is 0 Å². The summed E-state index contributed by atoms with van der Waals surface area (Å²) in [7, 11) is 0. The maximum absolute atomic E-state index is 0. The molecular weight excluding hydrogens is 381 g/mol. The first-order valence-electron chi connectivity index (χ1n) is 0. The molecule has 0 aliphatic carbocycles. The molecule has 4 radical (unpaired) electrons. The van der Waals surface area contributed by atoms with Gasteiger partial charge in [-0.05, 0) is 0 Å². The molecule has 0 spiro atoms. The van der Waals surface area contributed by atoms with Crippen LogP contribution in [0.1, 0.15) is 0 Å². The number of hydrogen-bond donors (Lipinski definition) is 0.